The third kappa shape index (κ3) is 2.43. The summed E-state index contributed by atoms with van der Waals surface area (Å²) in [5.74, 6) is 3.17. The van der Waals surface area contributed by atoms with Gasteiger partial charge < -0.3 is 19.7 Å². The van der Waals surface area contributed by atoms with Crippen molar-refractivity contribution < 1.29 is 19.7 Å². The van der Waals surface area contributed by atoms with Crippen LogP contribution in [-0.4, -0.2) is 28.0 Å². The van der Waals surface area contributed by atoms with Crippen LogP contribution in [0.25, 0.3) is 0 Å². The molecular formula is C24H32O4. The summed E-state index contributed by atoms with van der Waals surface area (Å²) in [6, 6.07) is 4.13. The van der Waals surface area contributed by atoms with Crippen LogP contribution in [0.2, 0.25) is 0 Å². The smallest absolute Gasteiger partial charge is 0.127 e. The van der Waals surface area contributed by atoms with Crippen LogP contribution in [0.5, 0.6) is 11.5 Å². The molecule has 4 bridgehead atoms. The van der Waals surface area contributed by atoms with Crippen molar-refractivity contribution in [1.82, 2.24) is 0 Å². The molecule has 0 aromatic heterocycles. The summed E-state index contributed by atoms with van der Waals surface area (Å²) >= 11 is 0. The molecular weight excluding hydrogens is 352 g/mol. The van der Waals surface area contributed by atoms with E-state index in [9.17, 15) is 10.2 Å². The fourth-order valence-electron chi connectivity index (χ4n) is 7.66. The van der Waals surface area contributed by atoms with Crippen molar-refractivity contribution in [3.8, 4) is 11.5 Å². The molecule has 1 aromatic rings. The molecule has 4 nitrogen and oxygen atoms in total. The van der Waals surface area contributed by atoms with Crippen LogP contribution < -0.4 is 4.74 Å². The maximum absolute atomic E-state index is 11.1. The second-order valence-corrected chi connectivity index (χ2v) is 10.9. The Labute approximate surface area is 167 Å². The summed E-state index contributed by atoms with van der Waals surface area (Å²) in [6.45, 7) is 4.33. The van der Waals surface area contributed by atoms with Crippen LogP contribution in [0.1, 0.15) is 82.3 Å². The van der Waals surface area contributed by atoms with E-state index in [1.54, 1.807) is 0 Å². The van der Waals surface area contributed by atoms with Crippen LogP contribution in [0.4, 0.5) is 0 Å². The number of hydrogen-bond acceptors (Lipinski definition) is 4. The lowest BCUT2D eigenvalue weighted by molar-refractivity contribution is -0.226. The van der Waals surface area contributed by atoms with Gasteiger partial charge in [-0.05, 0) is 94.7 Å². The molecule has 2 unspecified atom stereocenters. The van der Waals surface area contributed by atoms with E-state index in [1.165, 1.54) is 19.3 Å². The first-order valence-electron chi connectivity index (χ1n) is 11.3. The molecule has 152 valence electrons. The van der Waals surface area contributed by atoms with E-state index in [2.05, 4.69) is 19.9 Å². The molecule has 3 aliphatic heterocycles. The van der Waals surface area contributed by atoms with E-state index in [0.717, 1.165) is 54.4 Å². The monoisotopic (exact) mass is 384 g/mol. The Hall–Kier alpha value is -1.26. The van der Waals surface area contributed by atoms with Crippen molar-refractivity contribution in [3.63, 3.8) is 0 Å². The second-order valence-electron chi connectivity index (χ2n) is 10.9. The van der Waals surface area contributed by atoms with E-state index in [0.29, 0.717) is 24.2 Å². The summed E-state index contributed by atoms with van der Waals surface area (Å²) in [5, 5.41) is 21.4. The Balaban J connectivity index is 1.44. The zero-order valence-corrected chi connectivity index (χ0v) is 17.0. The Morgan fingerprint density at radius 1 is 1.00 bits per heavy atom. The van der Waals surface area contributed by atoms with Crippen molar-refractivity contribution in [3.05, 3.63) is 23.3 Å². The molecule has 3 saturated carbocycles. The van der Waals surface area contributed by atoms with Crippen LogP contribution in [0, 0.1) is 17.8 Å². The lowest BCUT2D eigenvalue weighted by Gasteiger charge is -2.57. The minimum atomic E-state index is -0.287. The number of aromatic hydroxyl groups is 1. The second kappa shape index (κ2) is 5.66. The van der Waals surface area contributed by atoms with E-state index < -0.39 is 0 Å². The van der Waals surface area contributed by atoms with Gasteiger partial charge in [-0.3, -0.25) is 0 Å². The van der Waals surface area contributed by atoms with Crippen molar-refractivity contribution >= 4 is 0 Å². The molecule has 5 fully saturated rings. The number of aliphatic hydroxyl groups excluding tert-OH is 1. The zero-order chi connectivity index (χ0) is 19.3. The predicted molar refractivity (Wildman–Crippen MR) is 106 cm³/mol. The number of rotatable bonds is 1. The maximum atomic E-state index is 11.1. The van der Waals surface area contributed by atoms with Gasteiger partial charge in [-0.25, -0.2) is 0 Å². The van der Waals surface area contributed by atoms with Crippen molar-refractivity contribution in [2.45, 2.75) is 94.5 Å². The van der Waals surface area contributed by atoms with Crippen LogP contribution in [-0.2, 0) is 10.3 Å². The number of aliphatic hydroxyl groups is 1. The van der Waals surface area contributed by atoms with Gasteiger partial charge in [-0.1, -0.05) is 0 Å². The molecule has 6 aliphatic rings. The Morgan fingerprint density at radius 2 is 1.75 bits per heavy atom. The van der Waals surface area contributed by atoms with Gasteiger partial charge in [0, 0.05) is 17.4 Å². The molecule has 7 atom stereocenters. The van der Waals surface area contributed by atoms with Gasteiger partial charge in [0.25, 0.3) is 0 Å². The fourth-order valence-corrected chi connectivity index (χ4v) is 7.66. The van der Waals surface area contributed by atoms with E-state index >= 15 is 0 Å². The van der Waals surface area contributed by atoms with Gasteiger partial charge in [0.05, 0.1) is 17.8 Å². The molecule has 7 rings (SSSR count). The number of benzene rings is 1. The quantitative estimate of drug-likeness (QED) is 0.742. The number of phenols is 1. The molecule has 4 heteroatoms. The zero-order valence-electron chi connectivity index (χ0n) is 17.0. The van der Waals surface area contributed by atoms with Crippen LogP contribution in [0.3, 0.4) is 0 Å². The molecule has 3 heterocycles. The Kier molecular flexibility index (Phi) is 3.56. The third-order valence-corrected chi connectivity index (χ3v) is 8.59. The van der Waals surface area contributed by atoms with Crippen LogP contribution in [0.15, 0.2) is 12.1 Å². The van der Waals surface area contributed by atoms with Gasteiger partial charge >= 0.3 is 0 Å². The summed E-state index contributed by atoms with van der Waals surface area (Å²) in [4.78, 5) is 0. The molecule has 0 spiro atoms. The van der Waals surface area contributed by atoms with E-state index in [-0.39, 0.29) is 23.2 Å². The fraction of sp³-hybridized carbons (Fsp3) is 0.750. The number of hydrogen-bond donors (Lipinski definition) is 2. The molecule has 0 radical (unpaired) electrons. The molecule has 2 N–H and O–H groups in total. The highest BCUT2D eigenvalue weighted by atomic mass is 16.5. The van der Waals surface area contributed by atoms with Crippen molar-refractivity contribution in [2.24, 2.45) is 17.8 Å². The summed E-state index contributed by atoms with van der Waals surface area (Å²) in [6.07, 6.45) is 8.50. The highest BCUT2D eigenvalue weighted by molar-refractivity contribution is 5.53. The molecule has 28 heavy (non-hydrogen) atoms. The first-order valence-corrected chi connectivity index (χ1v) is 11.3. The highest BCUT2D eigenvalue weighted by Gasteiger charge is 2.54. The molecule has 1 aromatic carbocycles. The first-order chi connectivity index (χ1) is 13.3. The summed E-state index contributed by atoms with van der Waals surface area (Å²) in [5.41, 5.74) is 1.49. The number of phenolic OH excluding ortho intramolecular Hbond substituents is 1. The average Bonchev–Trinajstić information content (AvgIpc) is 2.59. The van der Waals surface area contributed by atoms with E-state index in [4.69, 9.17) is 9.47 Å². The van der Waals surface area contributed by atoms with Gasteiger partial charge in [0.1, 0.15) is 17.1 Å². The molecule has 2 saturated heterocycles. The Morgan fingerprint density at radius 3 is 2.46 bits per heavy atom. The summed E-state index contributed by atoms with van der Waals surface area (Å²) < 4.78 is 13.1. The normalized spacial score (nSPS) is 45.2. The van der Waals surface area contributed by atoms with Crippen molar-refractivity contribution in [2.75, 3.05) is 0 Å². The van der Waals surface area contributed by atoms with E-state index in [1.807, 2.05) is 6.07 Å². The minimum absolute atomic E-state index is 0.161. The standard InChI is InChI=1S/C24H32O4/c1-23(2)19-4-3-16(25)10-18(19)22-20(26)8-15(9-21(22)28-23)24-11-13-5-14(12-24)7-17(6-13)27-24/h8-9,13-14,16-19,25-26H,3-7,10-12H2,1-2H3/t13-,14+,16-,17?,18-,19-,24?/m1/s1. The van der Waals surface area contributed by atoms with Gasteiger partial charge in [-0.15, -0.1) is 0 Å². The van der Waals surface area contributed by atoms with Crippen molar-refractivity contribution in [1.29, 1.82) is 0 Å². The average molecular weight is 385 g/mol. The van der Waals surface area contributed by atoms with Gasteiger partial charge in [0.2, 0.25) is 0 Å². The Bertz CT molecular complexity index is 778. The predicted octanol–water partition coefficient (Wildman–Crippen LogP) is 4.61. The summed E-state index contributed by atoms with van der Waals surface area (Å²) in [7, 11) is 0. The first kappa shape index (κ1) is 17.6. The third-order valence-electron chi connectivity index (χ3n) is 8.59. The number of fused-ring (bicyclic) bond motifs is 3. The van der Waals surface area contributed by atoms with Gasteiger partial charge in [0.15, 0.2) is 0 Å². The van der Waals surface area contributed by atoms with Gasteiger partial charge in [-0.2, -0.15) is 0 Å². The topological polar surface area (TPSA) is 58.9 Å². The minimum Gasteiger partial charge on any atom is -0.508 e. The SMILES string of the molecule is CC1(C)Oc2cc(C34C[C@@H]5CC(C[C@@H](C5)C3)O4)cc(O)c2[C@@H]2C[C@H](O)CC[C@H]21. The largest absolute Gasteiger partial charge is 0.508 e. The number of ether oxygens (including phenoxy) is 2. The van der Waals surface area contributed by atoms with Crippen LogP contribution >= 0.6 is 0 Å². The molecule has 3 aliphatic carbocycles. The highest BCUT2D eigenvalue weighted by Crippen LogP contribution is 2.60. The maximum Gasteiger partial charge on any atom is 0.127 e. The lowest BCUT2D eigenvalue weighted by atomic mass is 9.60. The lowest BCUT2D eigenvalue weighted by Crippen LogP contribution is -2.53. The molecule has 0 amide bonds.